The lowest BCUT2D eigenvalue weighted by atomic mass is 9.85. The van der Waals surface area contributed by atoms with Gasteiger partial charge in [0.05, 0.1) is 28.8 Å². The molecule has 0 aromatic carbocycles. The minimum Gasteiger partial charge on any atom is -0.350 e. The van der Waals surface area contributed by atoms with Gasteiger partial charge < -0.3 is 10.2 Å². The molecule has 2 aliphatic rings. The molecule has 5 rings (SSSR count). The second-order valence-electron chi connectivity index (χ2n) is 9.31. The van der Waals surface area contributed by atoms with Crippen molar-refractivity contribution < 1.29 is 0 Å². The third kappa shape index (κ3) is 4.25. The Labute approximate surface area is 189 Å². The molecule has 2 fully saturated rings. The lowest BCUT2D eigenvalue weighted by molar-refractivity contribution is 0.0656. The van der Waals surface area contributed by atoms with E-state index in [1.54, 1.807) is 0 Å². The average molecular weight is 433 g/mol. The summed E-state index contributed by atoms with van der Waals surface area (Å²) in [5.74, 6) is 0.689. The third-order valence-electron chi connectivity index (χ3n) is 6.60. The number of pyridine rings is 1. The Morgan fingerprint density at radius 3 is 2.59 bits per heavy atom. The fraction of sp³-hybridized carbons (Fsp3) is 0.500. The van der Waals surface area contributed by atoms with E-state index in [2.05, 4.69) is 38.2 Å². The summed E-state index contributed by atoms with van der Waals surface area (Å²) in [4.78, 5) is 19.0. The first-order valence-electron chi connectivity index (χ1n) is 11.5. The van der Waals surface area contributed by atoms with Crippen LogP contribution < -0.4 is 5.32 Å². The summed E-state index contributed by atoms with van der Waals surface area (Å²) in [7, 11) is 2.21. The zero-order chi connectivity index (χ0) is 22.2. The van der Waals surface area contributed by atoms with Gasteiger partial charge in [0.15, 0.2) is 0 Å². The molecule has 0 spiro atoms. The van der Waals surface area contributed by atoms with E-state index in [9.17, 15) is 0 Å². The van der Waals surface area contributed by atoms with Gasteiger partial charge >= 0.3 is 0 Å². The molecule has 8 heteroatoms. The number of fused-ring (bicyclic) bond motifs is 1. The first-order valence-corrected chi connectivity index (χ1v) is 11.5. The molecular formula is C24H32N8. The van der Waals surface area contributed by atoms with Crippen molar-refractivity contribution in [2.45, 2.75) is 45.7 Å². The second-order valence-corrected chi connectivity index (χ2v) is 9.31. The Kier molecular flexibility index (Phi) is 5.65. The number of nitrogens with zero attached hydrogens (tertiary/aromatic N) is 7. The van der Waals surface area contributed by atoms with Crippen LogP contribution in [0.15, 0.2) is 35.6 Å². The highest BCUT2D eigenvalue weighted by atomic mass is 15.3. The van der Waals surface area contributed by atoms with E-state index >= 15 is 0 Å². The van der Waals surface area contributed by atoms with Crippen molar-refractivity contribution in [1.29, 1.82) is 0 Å². The highest BCUT2D eigenvalue weighted by Gasteiger charge is 2.35. The molecule has 1 aliphatic carbocycles. The molecule has 168 valence electrons. The third-order valence-corrected chi connectivity index (χ3v) is 6.60. The Morgan fingerprint density at radius 1 is 1.09 bits per heavy atom. The van der Waals surface area contributed by atoms with Crippen LogP contribution in [0, 0.1) is 6.92 Å². The van der Waals surface area contributed by atoms with Gasteiger partial charge in [-0.15, -0.1) is 5.10 Å². The highest BCUT2D eigenvalue weighted by Crippen LogP contribution is 2.30. The van der Waals surface area contributed by atoms with E-state index in [0.717, 1.165) is 46.7 Å². The fourth-order valence-corrected chi connectivity index (χ4v) is 4.62. The minimum atomic E-state index is 0.451. The standard InChI is InChI=1S/C24H32N8/c1-16(2)26-21-5-6-22(27-17(21)3)20-7-8-32-23(20)15-25-24(29-32)28-18-13-19(14-18)31-11-9-30(4)10-12-31/h5-8,15,18-19H,9-14H2,1-4H3,(H,28,29). The number of aryl methyl sites for hydroxylation is 1. The maximum atomic E-state index is 4.77. The summed E-state index contributed by atoms with van der Waals surface area (Å²) in [6, 6.07) is 7.24. The van der Waals surface area contributed by atoms with Crippen LogP contribution in [-0.2, 0) is 0 Å². The van der Waals surface area contributed by atoms with Gasteiger partial charge in [0.1, 0.15) is 0 Å². The van der Waals surface area contributed by atoms with Crippen molar-refractivity contribution >= 4 is 22.9 Å². The van der Waals surface area contributed by atoms with Gasteiger partial charge in [-0.1, -0.05) is 0 Å². The predicted molar refractivity (Wildman–Crippen MR) is 129 cm³/mol. The summed E-state index contributed by atoms with van der Waals surface area (Å²) in [6.07, 6.45) is 6.19. The number of likely N-dealkylation sites (N-methyl/N-ethyl adjacent to an activating group) is 1. The first kappa shape index (κ1) is 21.0. The van der Waals surface area contributed by atoms with Crippen LogP contribution in [0.3, 0.4) is 0 Å². The van der Waals surface area contributed by atoms with E-state index < -0.39 is 0 Å². The Bertz CT molecular complexity index is 1130. The van der Waals surface area contributed by atoms with Crippen LogP contribution in [0.1, 0.15) is 32.4 Å². The van der Waals surface area contributed by atoms with E-state index in [1.165, 1.54) is 26.2 Å². The van der Waals surface area contributed by atoms with Crippen LogP contribution in [0.25, 0.3) is 16.8 Å². The molecular weight excluding hydrogens is 400 g/mol. The Balaban J connectivity index is 1.26. The van der Waals surface area contributed by atoms with Crippen molar-refractivity contribution in [3.05, 3.63) is 36.3 Å². The predicted octanol–water partition coefficient (Wildman–Crippen LogP) is 3.40. The van der Waals surface area contributed by atoms with Crippen LogP contribution in [-0.4, -0.2) is 80.4 Å². The van der Waals surface area contributed by atoms with Crippen molar-refractivity contribution in [2.75, 3.05) is 38.5 Å². The molecule has 4 heterocycles. The molecule has 8 nitrogen and oxygen atoms in total. The van der Waals surface area contributed by atoms with Gasteiger partial charge in [-0.2, -0.15) is 0 Å². The number of aromatic nitrogens is 4. The van der Waals surface area contributed by atoms with E-state index in [1.807, 2.05) is 49.8 Å². The van der Waals surface area contributed by atoms with Gasteiger partial charge in [0, 0.05) is 55.7 Å². The molecule has 1 aliphatic heterocycles. The maximum absolute atomic E-state index is 4.77. The van der Waals surface area contributed by atoms with Gasteiger partial charge in [-0.05, 0) is 58.9 Å². The van der Waals surface area contributed by atoms with E-state index in [-0.39, 0.29) is 0 Å². The summed E-state index contributed by atoms with van der Waals surface area (Å²) in [6.45, 7) is 10.7. The van der Waals surface area contributed by atoms with Crippen molar-refractivity contribution in [3.8, 4) is 11.3 Å². The monoisotopic (exact) mass is 432 g/mol. The molecule has 3 aromatic heterocycles. The van der Waals surface area contributed by atoms with Gasteiger partial charge in [0.2, 0.25) is 5.95 Å². The summed E-state index contributed by atoms with van der Waals surface area (Å²) >= 11 is 0. The molecule has 1 saturated heterocycles. The normalized spacial score (nSPS) is 22.0. The van der Waals surface area contributed by atoms with Gasteiger partial charge in [-0.25, -0.2) is 9.50 Å². The number of hydrogen-bond donors (Lipinski definition) is 1. The maximum Gasteiger partial charge on any atom is 0.241 e. The van der Waals surface area contributed by atoms with Crippen LogP contribution in [0.2, 0.25) is 0 Å². The lowest BCUT2D eigenvalue weighted by Gasteiger charge is -2.46. The van der Waals surface area contributed by atoms with E-state index in [0.29, 0.717) is 18.0 Å². The second kappa shape index (κ2) is 8.60. The van der Waals surface area contributed by atoms with Crippen molar-refractivity contribution in [2.24, 2.45) is 4.99 Å². The number of rotatable bonds is 5. The van der Waals surface area contributed by atoms with Crippen LogP contribution >= 0.6 is 0 Å². The molecule has 0 unspecified atom stereocenters. The largest absolute Gasteiger partial charge is 0.350 e. The average Bonchev–Trinajstić information content (AvgIpc) is 3.16. The molecule has 0 bridgehead atoms. The SMILES string of the molecule is CC(C)=Nc1ccc(-c2ccn3nc(NC4CC(N5CCN(C)CC5)C4)ncc23)nc1C. The summed E-state index contributed by atoms with van der Waals surface area (Å²) in [5, 5.41) is 8.22. The summed E-state index contributed by atoms with van der Waals surface area (Å²) < 4.78 is 1.89. The van der Waals surface area contributed by atoms with Crippen LogP contribution in [0.5, 0.6) is 0 Å². The number of piperazine rings is 1. The number of nitrogens with one attached hydrogen (secondary N) is 1. The molecule has 0 amide bonds. The molecule has 0 radical (unpaired) electrons. The van der Waals surface area contributed by atoms with E-state index in [4.69, 9.17) is 10.1 Å². The molecule has 1 N–H and O–H groups in total. The number of aliphatic imine (C=N–C) groups is 1. The molecule has 0 atom stereocenters. The highest BCUT2D eigenvalue weighted by molar-refractivity contribution is 5.83. The Morgan fingerprint density at radius 2 is 1.88 bits per heavy atom. The topological polar surface area (TPSA) is 74.0 Å². The molecule has 3 aromatic rings. The minimum absolute atomic E-state index is 0.451. The smallest absolute Gasteiger partial charge is 0.241 e. The van der Waals surface area contributed by atoms with Gasteiger partial charge in [0.25, 0.3) is 0 Å². The quantitative estimate of drug-likeness (QED) is 0.623. The Hall–Kier alpha value is -2.84. The van der Waals surface area contributed by atoms with Crippen molar-refractivity contribution in [3.63, 3.8) is 0 Å². The van der Waals surface area contributed by atoms with Crippen LogP contribution in [0.4, 0.5) is 11.6 Å². The number of anilines is 1. The summed E-state index contributed by atoms with van der Waals surface area (Å²) in [5.41, 5.74) is 5.75. The zero-order valence-electron chi connectivity index (χ0n) is 19.4. The zero-order valence-corrected chi connectivity index (χ0v) is 19.4. The molecule has 1 saturated carbocycles. The van der Waals surface area contributed by atoms with Gasteiger partial charge in [-0.3, -0.25) is 14.9 Å². The number of hydrogen-bond acceptors (Lipinski definition) is 7. The molecule has 32 heavy (non-hydrogen) atoms. The first-order chi connectivity index (χ1) is 15.5. The fourth-order valence-electron chi connectivity index (χ4n) is 4.62. The van der Waals surface area contributed by atoms with Crippen molar-refractivity contribution in [1.82, 2.24) is 29.4 Å². The lowest BCUT2D eigenvalue weighted by Crippen LogP contribution is -2.55.